The second kappa shape index (κ2) is 2.06. The van der Waals surface area contributed by atoms with Crippen molar-refractivity contribution in [2.75, 3.05) is 0 Å². The first-order valence-corrected chi connectivity index (χ1v) is 2.55. The van der Waals surface area contributed by atoms with Gasteiger partial charge in [0.05, 0.1) is 0 Å². The number of hydrogen-bond acceptors (Lipinski definition) is 2. The zero-order valence-corrected chi connectivity index (χ0v) is 5.03. The number of rotatable bonds is 0. The summed E-state index contributed by atoms with van der Waals surface area (Å²) in [5.41, 5.74) is -1.12. The molecule has 0 spiro atoms. The molecule has 1 aromatic rings. The maximum atomic E-state index is 10.4. The smallest absolute Gasteiger partial charge is 0.313 e. The summed E-state index contributed by atoms with van der Waals surface area (Å²) in [5, 5.41) is -0.0189. The Morgan fingerprint density at radius 1 is 1.44 bits per heavy atom. The maximum absolute atomic E-state index is 10.4. The van der Waals surface area contributed by atoms with E-state index in [0.29, 0.717) is 0 Å². The molecular formula is C4H3ClN2O2. The van der Waals surface area contributed by atoms with Crippen molar-refractivity contribution in [1.29, 1.82) is 0 Å². The van der Waals surface area contributed by atoms with Crippen molar-refractivity contribution in [3.8, 4) is 0 Å². The summed E-state index contributed by atoms with van der Waals surface area (Å²) in [6, 6.07) is 0. The summed E-state index contributed by atoms with van der Waals surface area (Å²) >= 11 is 5.27. The highest BCUT2D eigenvalue weighted by Crippen LogP contribution is 1.90. The lowest BCUT2D eigenvalue weighted by atomic mass is 10.7. The van der Waals surface area contributed by atoms with Gasteiger partial charge in [0.15, 0.2) is 0 Å². The Morgan fingerprint density at radius 3 is 2.56 bits per heavy atom. The molecule has 2 N–H and O–H groups in total. The van der Waals surface area contributed by atoms with Gasteiger partial charge in [0.25, 0.3) is 5.56 Å². The van der Waals surface area contributed by atoms with E-state index in [4.69, 9.17) is 11.6 Å². The first-order chi connectivity index (χ1) is 4.20. The topological polar surface area (TPSA) is 65.7 Å². The SMILES string of the molecule is O=c1[15nH][13c](=O)[15nH]cc1Cl. The van der Waals surface area contributed by atoms with Gasteiger partial charge in [-0.05, 0) is 0 Å². The average Bonchev–Trinajstić information content (AvgIpc) is 1.80. The van der Waals surface area contributed by atoms with Crippen LogP contribution in [0.15, 0.2) is 15.8 Å². The average molecular weight is 150 g/mol. The number of nitrogens with one attached hydrogen (secondary N) is 2. The first-order valence-electron chi connectivity index (χ1n) is 2.17. The maximum Gasteiger partial charge on any atom is 0.325 e. The third kappa shape index (κ3) is 1.20. The Hall–Kier alpha value is -1.03. The van der Waals surface area contributed by atoms with E-state index in [0.717, 1.165) is 6.20 Å². The summed E-state index contributed by atoms with van der Waals surface area (Å²) < 4.78 is 0. The fraction of sp³-hybridized carbons (Fsp3) is 0. The molecule has 0 aliphatic heterocycles. The summed E-state index contributed by atoms with van der Waals surface area (Å²) in [5.74, 6) is 0. The highest BCUT2D eigenvalue weighted by atomic mass is 35.5. The highest BCUT2D eigenvalue weighted by Gasteiger charge is 1.91. The van der Waals surface area contributed by atoms with Gasteiger partial charge >= 0.3 is 5.69 Å². The Balaban J connectivity index is 3.52. The van der Waals surface area contributed by atoms with Crippen molar-refractivity contribution < 1.29 is 0 Å². The van der Waals surface area contributed by atoms with Gasteiger partial charge in [-0.25, -0.2) is 4.79 Å². The fourth-order valence-electron chi connectivity index (χ4n) is 0.393. The van der Waals surface area contributed by atoms with Crippen LogP contribution < -0.4 is 11.2 Å². The van der Waals surface area contributed by atoms with Crippen LogP contribution in [-0.4, -0.2) is 9.97 Å². The lowest BCUT2D eigenvalue weighted by Crippen LogP contribution is -2.20. The van der Waals surface area contributed by atoms with Crippen molar-refractivity contribution in [3.05, 3.63) is 32.1 Å². The molecule has 0 aromatic carbocycles. The van der Waals surface area contributed by atoms with Crippen LogP contribution in [0.1, 0.15) is 0 Å². The van der Waals surface area contributed by atoms with E-state index in [-0.39, 0.29) is 5.02 Å². The fourth-order valence-corrected chi connectivity index (χ4v) is 0.495. The van der Waals surface area contributed by atoms with Crippen LogP contribution in [0.2, 0.25) is 5.02 Å². The van der Waals surface area contributed by atoms with Crippen LogP contribution in [0.4, 0.5) is 0 Å². The Morgan fingerprint density at radius 2 is 2.11 bits per heavy atom. The molecule has 0 aliphatic rings. The van der Waals surface area contributed by atoms with Gasteiger partial charge in [-0.1, -0.05) is 11.6 Å². The summed E-state index contributed by atoms with van der Waals surface area (Å²) in [6.45, 7) is 0. The lowest BCUT2D eigenvalue weighted by molar-refractivity contribution is 1.04. The van der Waals surface area contributed by atoms with Gasteiger partial charge in [0.2, 0.25) is 0 Å². The number of hydrogen-bond donors (Lipinski definition) is 2. The van der Waals surface area contributed by atoms with Crippen LogP contribution in [-0.2, 0) is 0 Å². The molecule has 1 aromatic heterocycles. The van der Waals surface area contributed by atoms with Crippen molar-refractivity contribution in [3.63, 3.8) is 0 Å². The van der Waals surface area contributed by atoms with Crippen LogP contribution in [0, 0.1) is 0 Å². The third-order valence-electron chi connectivity index (χ3n) is 0.774. The van der Waals surface area contributed by atoms with Gasteiger partial charge in [-0.2, -0.15) is 0 Å². The van der Waals surface area contributed by atoms with E-state index >= 15 is 0 Å². The molecule has 0 saturated carbocycles. The van der Waals surface area contributed by atoms with E-state index in [1.165, 1.54) is 0 Å². The van der Waals surface area contributed by atoms with Gasteiger partial charge < -0.3 is 4.98 Å². The van der Waals surface area contributed by atoms with E-state index in [1.807, 2.05) is 4.98 Å². The first kappa shape index (κ1) is 6.10. The molecule has 0 aliphatic carbocycles. The van der Waals surface area contributed by atoms with Crippen molar-refractivity contribution in [2.24, 2.45) is 0 Å². The second-order valence-electron chi connectivity index (χ2n) is 1.42. The molecule has 1 heterocycles. The zero-order valence-electron chi connectivity index (χ0n) is 4.27. The summed E-state index contributed by atoms with van der Waals surface area (Å²) in [7, 11) is 0. The van der Waals surface area contributed by atoms with Gasteiger partial charge in [0.1, 0.15) is 5.02 Å². The van der Waals surface area contributed by atoms with Crippen molar-refractivity contribution >= 4 is 11.6 Å². The number of H-pyrrole nitrogens is 2. The molecule has 0 bridgehead atoms. The number of aromatic amines is 2. The van der Waals surface area contributed by atoms with Crippen LogP contribution in [0.3, 0.4) is 0 Å². The number of aromatic nitrogens is 2. The minimum absolute atomic E-state index is 0.0189. The lowest BCUT2D eigenvalue weighted by Gasteiger charge is -1.82. The quantitative estimate of drug-likeness (QED) is 0.533. The second-order valence-corrected chi connectivity index (χ2v) is 1.83. The standard InChI is InChI=1S/C4H3ClN2O2/c5-2-1-6-4(9)7-3(2)8/h1H,(H2,6,7,8,9)/i4+1,6+1,7+1. The Bertz CT molecular complexity index is 313. The molecule has 4 nitrogen and oxygen atoms in total. The zero-order chi connectivity index (χ0) is 6.85. The molecule has 0 unspecified atom stereocenters. The van der Waals surface area contributed by atoms with E-state index in [1.54, 1.807) is 0 Å². The van der Waals surface area contributed by atoms with Crippen LogP contribution >= 0.6 is 11.6 Å². The third-order valence-corrected chi connectivity index (χ3v) is 1.05. The van der Waals surface area contributed by atoms with E-state index < -0.39 is 11.2 Å². The number of halogens is 1. The molecule has 48 valence electrons. The summed E-state index contributed by atoms with van der Waals surface area (Å²) in [4.78, 5) is 24.8. The molecular weight excluding hydrogens is 146 g/mol. The molecule has 0 atom stereocenters. The van der Waals surface area contributed by atoms with Gasteiger partial charge in [0, 0.05) is 6.20 Å². The summed E-state index contributed by atoms with van der Waals surface area (Å²) in [6.07, 6.45) is 1.14. The highest BCUT2D eigenvalue weighted by molar-refractivity contribution is 6.30. The van der Waals surface area contributed by atoms with Crippen molar-refractivity contribution in [2.45, 2.75) is 0 Å². The largest absolute Gasteiger partial charge is 0.325 e. The molecule has 5 heteroatoms. The van der Waals surface area contributed by atoms with Crippen LogP contribution in [0.5, 0.6) is 0 Å². The predicted octanol–water partition coefficient (Wildman–Crippen LogP) is -0.283. The molecule has 9 heavy (non-hydrogen) atoms. The molecule has 0 saturated heterocycles. The Labute approximate surface area is 54.5 Å². The van der Waals surface area contributed by atoms with Crippen LogP contribution in [0.25, 0.3) is 0 Å². The van der Waals surface area contributed by atoms with E-state index in [9.17, 15) is 9.59 Å². The minimum Gasteiger partial charge on any atom is -0.313 e. The molecule has 0 amide bonds. The molecule has 0 fully saturated rings. The monoisotopic (exact) mass is 149 g/mol. The van der Waals surface area contributed by atoms with Crippen molar-refractivity contribution in [1.82, 2.24) is 9.97 Å². The minimum atomic E-state index is -0.569. The molecule has 0 radical (unpaired) electrons. The van der Waals surface area contributed by atoms with Gasteiger partial charge in [-0.3, -0.25) is 9.78 Å². The normalized spacial score (nSPS) is 9.44. The van der Waals surface area contributed by atoms with Gasteiger partial charge in [-0.15, -0.1) is 0 Å². The molecule has 1 rings (SSSR count). The predicted molar refractivity (Wildman–Crippen MR) is 32.7 cm³/mol. The Kier molecular flexibility index (Phi) is 1.40. The van der Waals surface area contributed by atoms with E-state index in [2.05, 4.69) is 4.98 Å².